The quantitative estimate of drug-likeness (QED) is 0.748. The molecule has 1 saturated heterocycles. The van der Waals surface area contributed by atoms with Crippen LogP contribution in [0.1, 0.15) is 52.6 Å². The second-order valence-corrected chi connectivity index (χ2v) is 6.86. The van der Waals surface area contributed by atoms with E-state index in [4.69, 9.17) is 10.1 Å². The van der Waals surface area contributed by atoms with Crippen LogP contribution in [0.5, 0.6) is 0 Å². The first-order chi connectivity index (χ1) is 13.6. The van der Waals surface area contributed by atoms with E-state index in [-0.39, 0.29) is 17.3 Å². The van der Waals surface area contributed by atoms with Crippen LogP contribution >= 0.6 is 0 Å². The number of para-hydroxylation sites is 2. The lowest BCUT2D eigenvalue weighted by atomic mass is 10.0. The maximum Gasteiger partial charge on any atom is 0.356 e. The number of imidazole rings is 1. The van der Waals surface area contributed by atoms with E-state index in [1.165, 1.54) is 6.20 Å². The smallest absolute Gasteiger partial charge is 0.356 e. The highest BCUT2D eigenvalue weighted by Crippen LogP contribution is 2.29. The van der Waals surface area contributed by atoms with Crippen LogP contribution in [0.25, 0.3) is 11.0 Å². The summed E-state index contributed by atoms with van der Waals surface area (Å²) in [4.78, 5) is 37.8. The van der Waals surface area contributed by atoms with E-state index in [1.54, 1.807) is 4.90 Å². The van der Waals surface area contributed by atoms with Crippen molar-refractivity contribution < 1.29 is 14.7 Å². The second kappa shape index (κ2) is 7.38. The van der Waals surface area contributed by atoms with E-state index in [0.29, 0.717) is 19.1 Å². The van der Waals surface area contributed by atoms with Crippen LogP contribution in [0.3, 0.4) is 0 Å². The molecule has 1 amide bonds. The monoisotopic (exact) mass is 379 g/mol. The molecule has 0 saturated carbocycles. The number of rotatable bonds is 4. The Hall–Kier alpha value is -3.29. The Morgan fingerprint density at radius 2 is 1.79 bits per heavy atom. The van der Waals surface area contributed by atoms with E-state index < -0.39 is 5.97 Å². The molecule has 28 heavy (non-hydrogen) atoms. The van der Waals surface area contributed by atoms with Gasteiger partial charge in [-0.1, -0.05) is 19.1 Å². The van der Waals surface area contributed by atoms with Gasteiger partial charge in [-0.05, 0) is 25.0 Å². The number of aromatic carboxylic acids is 1. The van der Waals surface area contributed by atoms with Crippen LogP contribution in [-0.2, 0) is 6.42 Å². The third kappa shape index (κ3) is 3.21. The van der Waals surface area contributed by atoms with Gasteiger partial charge in [0, 0.05) is 25.6 Å². The molecule has 2 aromatic heterocycles. The number of carboxylic acid groups (broad SMARTS) is 1. The van der Waals surface area contributed by atoms with Crippen LogP contribution in [0.15, 0.2) is 36.7 Å². The zero-order valence-electron chi connectivity index (χ0n) is 15.6. The van der Waals surface area contributed by atoms with Crippen LogP contribution < -0.4 is 0 Å². The van der Waals surface area contributed by atoms with E-state index in [9.17, 15) is 9.59 Å². The van der Waals surface area contributed by atoms with Gasteiger partial charge in [0.1, 0.15) is 11.5 Å². The molecule has 0 radical (unpaired) electrons. The van der Waals surface area contributed by atoms with Crippen molar-refractivity contribution in [2.45, 2.75) is 32.2 Å². The maximum atomic E-state index is 12.7. The summed E-state index contributed by atoms with van der Waals surface area (Å²) >= 11 is 0. The number of amides is 1. The van der Waals surface area contributed by atoms with Crippen molar-refractivity contribution in [3.63, 3.8) is 0 Å². The third-order valence-corrected chi connectivity index (χ3v) is 5.19. The highest BCUT2D eigenvalue weighted by molar-refractivity contribution is 5.92. The Labute approximate surface area is 161 Å². The first-order valence-corrected chi connectivity index (χ1v) is 9.39. The van der Waals surface area contributed by atoms with Gasteiger partial charge < -0.3 is 14.6 Å². The predicted molar refractivity (Wildman–Crippen MR) is 102 cm³/mol. The van der Waals surface area contributed by atoms with Gasteiger partial charge in [-0.15, -0.1) is 0 Å². The number of aryl methyl sites for hydroxylation is 1. The average Bonchev–Trinajstić information content (AvgIpc) is 3.12. The number of hydrogen-bond donors (Lipinski definition) is 1. The summed E-state index contributed by atoms with van der Waals surface area (Å²) in [6.07, 6.45) is 4.88. The number of piperidine rings is 1. The van der Waals surface area contributed by atoms with Crippen molar-refractivity contribution in [3.05, 3.63) is 53.9 Å². The fourth-order valence-electron chi connectivity index (χ4n) is 3.79. The van der Waals surface area contributed by atoms with Gasteiger partial charge in [0.25, 0.3) is 5.91 Å². The Morgan fingerprint density at radius 1 is 1.11 bits per heavy atom. The number of hydrogen-bond acceptors (Lipinski definition) is 5. The van der Waals surface area contributed by atoms with Gasteiger partial charge >= 0.3 is 5.97 Å². The number of carbonyl (C=O) groups is 2. The molecule has 1 N–H and O–H groups in total. The Balaban J connectivity index is 1.49. The van der Waals surface area contributed by atoms with Crippen molar-refractivity contribution in [2.24, 2.45) is 0 Å². The SMILES string of the molecule is CCc1nc2ccccc2n1C1CCN(C(=O)c2cnc(C(=O)O)cn2)CC1. The summed E-state index contributed by atoms with van der Waals surface area (Å²) in [6, 6.07) is 8.45. The van der Waals surface area contributed by atoms with Crippen molar-refractivity contribution in [3.8, 4) is 0 Å². The number of carbonyl (C=O) groups excluding carboxylic acids is 1. The van der Waals surface area contributed by atoms with Crippen LogP contribution in [0.4, 0.5) is 0 Å². The Bertz CT molecular complexity index is 1020. The fraction of sp³-hybridized carbons (Fsp3) is 0.350. The highest BCUT2D eigenvalue weighted by Gasteiger charge is 2.27. The lowest BCUT2D eigenvalue weighted by Crippen LogP contribution is -2.39. The third-order valence-electron chi connectivity index (χ3n) is 5.19. The largest absolute Gasteiger partial charge is 0.476 e. The zero-order valence-corrected chi connectivity index (χ0v) is 15.6. The van der Waals surface area contributed by atoms with Crippen LogP contribution in [0.2, 0.25) is 0 Å². The molecule has 8 heteroatoms. The molecule has 1 fully saturated rings. The summed E-state index contributed by atoms with van der Waals surface area (Å²) in [5.74, 6) is -0.304. The van der Waals surface area contributed by atoms with Gasteiger partial charge in [-0.25, -0.2) is 19.7 Å². The number of carboxylic acids is 1. The second-order valence-electron chi connectivity index (χ2n) is 6.86. The molecule has 0 atom stereocenters. The highest BCUT2D eigenvalue weighted by atomic mass is 16.4. The number of nitrogens with zero attached hydrogens (tertiary/aromatic N) is 5. The van der Waals surface area contributed by atoms with Gasteiger partial charge in [-0.3, -0.25) is 4.79 Å². The lowest BCUT2D eigenvalue weighted by molar-refractivity contribution is 0.0672. The van der Waals surface area contributed by atoms with Gasteiger partial charge in [0.05, 0.1) is 23.4 Å². The van der Waals surface area contributed by atoms with E-state index in [0.717, 1.165) is 42.3 Å². The molecule has 144 valence electrons. The molecule has 0 aliphatic carbocycles. The van der Waals surface area contributed by atoms with Gasteiger partial charge in [0.2, 0.25) is 0 Å². The molecule has 3 heterocycles. The molecule has 1 aliphatic heterocycles. The van der Waals surface area contributed by atoms with Crippen LogP contribution in [-0.4, -0.2) is 54.5 Å². The van der Waals surface area contributed by atoms with E-state index in [1.807, 2.05) is 18.2 Å². The van der Waals surface area contributed by atoms with Crippen molar-refractivity contribution in [1.82, 2.24) is 24.4 Å². The molecule has 0 bridgehead atoms. The molecular formula is C20H21N5O3. The molecular weight excluding hydrogens is 358 g/mol. The molecule has 0 spiro atoms. The summed E-state index contributed by atoms with van der Waals surface area (Å²) in [5, 5.41) is 8.90. The van der Waals surface area contributed by atoms with E-state index >= 15 is 0 Å². The number of aromatic nitrogens is 4. The average molecular weight is 379 g/mol. The fourth-order valence-corrected chi connectivity index (χ4v) is 3.79. The standard InChI is InChI=1S/C20H21N5O3/c1-2-18-23-14-5-3-4-6-17(14)25(18)13-7-9-24(10-8-13)19(26)15-11-22-16(12-21-15)20(27)28/h3-6,11-13H,2,7-10H2,1H3,(H,27,28). The summed E-state index contributed by atoms with van der Waals surface area (Å²) in [7, 11) is 0. The Morgan fingerprint density at radius 3 is 2.43 bits per heavy atom. The molecule has 1 aliphatic rings. The summed E-state index contributed by atoms with van der Waals surface area (Å²) in [6.45, 7) is 3.33. The zero-order chi connectivity index (χ0) is 19.7. The number of fused-ring (bicyclic) bond motifs is 1. The van der Waals surface area contributed by atoms with Crippen molar-refractivity contribution in [2.75, 3.05) is 13.1 Å². The minimum atomic E-state index is -1.16. The number of likely N-dealkylation sites (tertiary alicyclic amines) is 1. The molecule has 8 nitrogen and oxygen atoms in total. The van der Waals surface area contributed by atoms with Gasteiger partial charge in [-0.2, -0.15) is 0 Å². The minimum absolute atomic E-state index is 0.172. The lowest BCUT2D eigenvalue weighted by Gasteiger charge is -2.33. The van der Waals surface area contributed by atoms with E-state index in [2.05, 4.69) is 27.5 Å². The predicted octanol–water partition coefficient (Wildman–Crippen LogP) is 2.56. The molecule has 3 aromatic rings. The van der Waals surface area contributed by atoms with Crippen molar-refractivity contribution >= 4 is 22.9 Å². The maximum absolute atomic E-state index is 12.7. The molecule has 4 rings (SSSR count). The van der Waals surface area contributed by atoms with Crippen molar-refractivity contribution in [1.29, 1.82) is 0 Å². The normalized spacial score (nSPS) is 15.1. The molecule has 1 aromatic carbocycles. The Kier molecular flexibility index (Phi) is 4.77. The summed E-state index contributed by atoms with van der Waals surface area (Å²) in [5.41, 5.74) is 2.14. The van der Waals surface area contributed by atoms with Gasteiger partial charge in [0.15, 0.2) is 5.69 Å². The minimum Gasteiger partial charge on any atom is -0.476 e. The first-order valence-electron chi connectivity index (χ1n) is 9.39. The first kappa shape index (κ1) is 18.1. The molecule has 0 unspecified atom stereocenters. The number of benzene rings is 1. The summed E-state index contributed by atoms with van der Waals surface area (Å²) < 4.78 is 2.32. The van der Waals surface area contributed by atoms with Crippen LogP contribution in [0, 0.1) is 0 Å². The topological polar surface area (TPSA) is 101 Å².